The minimum atomic E-state index is -0.213. The molecule has 0 saturated carbocycles. The summed E-state index contributed by atoms with van der Waals surface area (Å²) >= 11 is 0. The number of carbonyl (C=O) groups is 1. The minimum Gasteiger partial charge on any atom is -0.394 e. The summed E-state index contributed by atoms with van der Waals surface area (Å²) in [6, 6.07) is 14.9. The Morgan fingerprint density at radius 2 is 1.52 bits per heavy atom. The minimum absolute atomic E-state index is 0.0374. The van der Waals surface area contributed by atoms with Gasteiger partial charge >= 0.3 is 0 Å². The number of hydrogen-bond acceptors (Lipinski definition) is 2. The van der Waals surface area contributed by atoms with E-state index < -0.39 is 0 Å². The Hall–Kier alpha value is -2.13. The molecule has 132 valence electrons. The van der Waals surface area contributed by atoms with Crippen LogP contribution in [-0.4, -0.2) is 23.7 Å². The van der Waals surface area contributed by atoms with Crippen molar-refractivity contribution in [2.45, 2.75) is 45.6 Å². The SMILES string of the molecule is CC(C)[C@H](CO)NC(=O)c1cc2ccc1CCc1ccc(cc1)CC2. The van der Waals surface area contributed by atoms with Gasteiger partial charge in [0.15, 0.2) is 0 Å². The quantitative estimate of drug-likeness (QED) is 0.899. The third-order valence-electron chi connectivity index (χ3n) is 5.15. The Labute approximate surface area is 150 Å². The van der Waals surface area contributed by atoms with Crippen LogP contribution in [0.25, 0.3) is 0 Å². The molecule has 3 heteroatoms. The van der Waals surface area contributed by atoms with Crippen LogP contribution in [0, 0.1) is 5.92 Å². The maximum absolute atomic E-state index is 12.8. The van der Waals surface area contributed by atoms with Crippen molar-refractivity contribution < 1.29 is 9.90 Å². The number of rotatable bonds is 4. The monoisotopic (exact) mass is 337 g/mol. The number of hydrogen-bond donors (Lipinski definition) is 2. The molecule has 0 fully saturated rings. The molecule has 4 aliphatic rings. The van der Waals surface area contributed by atoms with Crippen LogP contribution in [-0.2, 0) is 25.7 Å². The molecular weight excluding hydrogens is 310 g/mol. The second kappa shape index (κ2) is 7.83. The fourth-order valence-electron chi connectivity index (χ4n) is 3.32. The third-order valence-corrected chi connectivity index (χ3v) is 5.15. The van der Waals surface area contributed by atoms with Gasteiger partial charge in [0, 0.05) is 5.56 Å². The zero-order chi connectivity index (χ0) is 17.8. The maximum atomic E-state index is 12.8. The van der Waals surface area contributed by atoms with E-state index in [1.165, 1.54) is 16.7 Å². The number of aliphatic hydroxyl groups is 1. The number of carbonyl (C=O) groups excluding carboxylic acids is 1. The molecule has 1 atom stereocenters. The van der Waals surface area contributed by atoms with Crippen LogP contribution < -0.4 is 5.32 Å². The fraction of sp³-hybridized carbons (Fsp3) is 0.409. The molecule has 6 rings (SSSR count). The molecule has 0 radical (unpaired) electrons. The Morgan fingerprint density at radius 1 is 0.960 bits per heavy atom. The van der Waals surface area contributed by atoms with Crippen molar-refractivity contribution in [2.75, 3.05) is 6.61 Å². The van der Waals surface area contributed by atoms with Crippen molar-refractivity contribution in [3.63, 3.8) is 0 Å². The largest absolute Gasteiger partial charge is 0.394 e. The average Bonchev–Trinajstić information content (AvgIpc) is 2.61. The van der Waals surface area contributed by atoms with Gasteiger partial charge in [-0.3, -0.25) is 4.79 Å². The lowest BCUT2D eigenvalue weighted by atomic mass is 9.92. The van der Waals surface area contributed by atoms with Gasteiger partial charge in [0.05, 0.1) is 12.6 Å². The predicted molar refractivity (Wildman–Crippen MR) is 101 cm³/mol. The molecule has 0 aliphatic heterocycles. The molecule has 3 nitrogen and oxygen atoms in total. The van der Waals surface area contributed by atoms with E-state index in [1.807, 2.05) is 19.9 Å². The van der Waals surface area contributed by atoms with Gasteiger partial charge in [0.2, 0.25) is 0 Å². The summed E-state index contributed by atoms with van der Waals surface area (Å²) in [5.74, 6) is 0.125. The summed E-state index contributed by atoms with van der Waals surface area (Å²) in [6.45, 7) is 3.98. The number of aryl methyl sites for hydroxylation is 4. The van der Waals surface area contributed by atoms with Gasteiger partial charge in [-0.2, -0.15) is 0 Å². The molecular formula is C22H27NO2. The molecule has 0 saturated heterocycles. The van der Waals surface area contributed by atoms with Crippen LogP contribution in [0.1, 0.15) is 46.5 Å². The van der Waals surface area contributed by atoms with Crippen molar-refractivity contribution in [2.24, 2.45) is 5.92 Å². The zero-order valence-electron chi connectivity index (χ0n) is 15.1. The van der Waals surface area contributed by atoms with Crippen LogP contribution in [0.2, 0.25) is 0 Å². The molecule has 2 N–H and O–H groups in total. The first-order chi connectivity index (χ1) is 12.1. The van der Waals surface area contributed by atoms with E-state index in [1.54, 1.807) is 0 Å². The van der Waals surface area contributed by atoms with Gasteiger partial charge in [-0.1, -0.05) is 50.2 Å². The van der Waals surface area contributed by atoms with Crippen LogP contribution in [0.15, 0.2) is 42.5 Å². The van der Waals surface area contributed by atoms with Gasteiger partial charge in [-0.25, -0.2) is 0 Å². The first-order valence-electron chi connectivity index (χ1n) is 9.18. The van der Waals surface area contributed by atoms with Gasteiger partial charge in [-0.05, 0) is 59.9 Å². The van der Waals surface area contributed by atoms with E-state index in [2.05, 4.69) is 41.7 Å². The average molecular weight is 337 g/mol. The lowest BCUT2D eigenvalue weighted by molar-refractivity contribution is 0.0896. The molecule has 1 amide bonds. The fourth-order valence-corrected chi connectivity index (χ4v) is 3.32. The van der Waals surface area contributed by atoms with E-state index in [0.29, 0.717) is 0 Å². The molecule has 0 unspecified atom stereocenters. The van der Waals surface area contributed by atoms with Crippen molar-refractivity contribution >= 4 is 5.91 Å². The van der Waals surface area contributed by atoms with Crippen molar-refractivity contribution in [1.29, 1.82) is 0 Å². The second-order valence-electron chi connectivity index (χ2n) is 7.31. The predicted octanol–water partition coefficient (Wildman–Crippen LogP) is 3.32. The first-order valence-corrected chi connectivity index (χ1v) is 9.18. The van der Waals surface area contributed by atoms with Crippen molar-refractivity contribution in [1.82, 2.24) is 5.32 Å². The Balaban J connectivity index is 1.88. The molecule has 4 aliphatic carbocycles. The van der Waals surface area contributed by atoms with Gasteiger partial charge in [0.25, 0.3) is 5.91 Å². The van der Waals surface area contributed by atoms with Gasteiger partial charge in [0.1, 0.15) is 0 Å². The van der Waals surface area contributed by atoms with Crippen molar-refractivity contribution in [3.05, 3.63) is 70.3 Å². The highest BCUT2D eigenvalue weighted by molar-refractivity contribution is 5.96. The van der Waals surface area contributed by atoms with E-state index in [4.69, 9.17) is 0 Å². The van der Waals surface area contributed by atoms with E-state index >= 15 is 0 Å². The van der Waals surface area contributed by atoms with Crippen LogP contribution in [0.5, 0.6) is 0 Å². The molecule has 0 aromatic heterocycles. The highest BCUT2D eigenvalue weighted by atomic mass is 16.3. The van der Waals surface area contributed by atoms with Crippen LogP contribution in [0.4, 0.5) is 0 Å². The summed E-state index contributed by atoms with van der Waals surface area (Å²) in [6.07, 6.45) is 3.67. The van der Waals surface area contributed by atoms with E-state index in [-0.39, 0.29) is 24.5 Å². The standard InChI is InChI=1S/C22H27NO2/c1-15(2)21(14-24)23-22(25)20-13-18-8-7-16-3-5-17(6-4-16)9-11-19(20)12-10-18/h3-6,10,12-13,15,21,24H,7-9,11,14H2,1-2H3,(H,23,25)/t21-/m0/s1. The Bertz CT molecular complexity index is 734. The van der Waals surface area contributed by atoms with Crippen LogP contribution in [0.3, 0.4) is 0 Å². The molecule has 4 bridgehead atoms. The highest BCUT2D eigenvalue weighted by Crippen LogP contribution is 2.19. The number of benzene rings is 2. The Morgan fingerprint density at radius 3 is 2.12 bits per heavy atom. The molecule has 0 spiro atoms. The third kappa shape index (κ3) is 4.29. The molecule has 2 aromatic rings. The lowest BCUT2D eigenvalue weighted by Gasteiger charge is -2.21. The van der Waals surface area contributed by atoms with Gasteiger partial charge < -0.3 is 10.4 Å². The molecule has 2 aromatic carbocycles. The van der Waals surface area contributed by atoms with Crippen molar-refractivity contribution in [3.8, 4) is 0 Å². The smallest absolute Gasteiger partial charge is 0.251 e. The first kappa shape index (κ1) is 17.7. The number of aliphatic hydroxyl groups excluding tert-OH is 1. The summed E-state index contributed by atoms with van der Waals surface area (Å²) in [5.41, 5.74) is 5.65. The topological polar surface area (TPSA) is 49.3 Å². The van der Waals surface area contributed by atoms with Gasteiger partial charge in [-0.15, -0.1) is 0 Å². The maximum Gasteiger partial charge on any atom is 0.251 e. The van der Waals surface area contributed by atoms with E-state index in [0.717, 1.165) is 36.8 Å². The zero-order valence-corrected chi connectivity index (χ0v) is 15.1. The number of amides is 1. The molecule has 25 heavy (non-hydrogen) atoms. The van der Waals surface area contributed by atoms with Crippen LogP contribution >= 0.6 is 0 Å². The Kier molecular flexibility index (Phi) is 5.54. The normalized spacial score (nSPS) is 14.9. The van der Waals surface area contributed by atoms with E-state index in [9.17, 15) is 9.90 Å². The summed E-state index contributed by atoms with van der Waals surface area (Å²) in [7, 11) is 0. The summed E-state index contributed by atoms with van der Waals surface area (Å²) in [4.78, 5) is 12.8. The summed E-state index contributed by atoms with van der Waals surface area (Å²) < 4.78 is 0. The lowest BCUT2D eigenvalue weighted by Crippen LogP contribution is -2.41. The highest BCUT2D eigenvalue weighted by Gasteiger charge is 2.19. The number of nitrogens with one attached hydrogen (secondary N) is 1. The molecule has 0 heterocycles. The second-order valence-corrected chi connectivity index (χ2v) is 7.31. The summed E-state index contributed by atoms with van der Waals surface area (Å²) in [5, 5.41) is 12.5.